The van der Waals surface area contributed by atoms with Crippen molar-refractivity contribution in [2.45, 2.75) is 26.2 Å². The van der Waals surface area contributed by atoms with Gasteiger partial charge in [-0.2, -0.15) is 0 Å². The number of benzene rings is 1. The van der Waals surface area contributed by atoms with Crippen LogP contribution in [0.4, 0.5) is 0 Å². The highest BCUT2D eigenvalue weighted by atomic mass is 14.3. The lowest BCUT2D eigenvalue weighted by Crippen LogP contribution is -2.10. The van der Waals surface area contributed by atoms with Crippen LogP contribution in [0.25, 0.3) is 11.6 Å². The fourth-order valence-corrected chi connectivity index (χ4v) is 3.76. The van der Waals surface area contributed by atoms with Crippen LogP contribution in [0.3, 0.4) is 0 Å². The summed E-state index contributed by atoms with van der Waals surface area (Å²) in [5.41, 5.74) is 8.44. The van der Waals surface area contributed by atoms with Gasteiger partial charge in [0.1, 0.15) is 0 Å². The van der Waals surface area contributed by atoms with Gasteiger partial charge in [-0.25, -0.2) is 0 Å². The van der Waals surface area contributed by atoms with E-state index < -0.39 is 0 Å². The van der Waals surface area contributed by atoms with Crippen molar-refractivity contribution in [2.75, 3.05) is 0 Å². The van der Waals surface area contributed by atoms with E-state index >= 15 is 0 Å². The zero-order chi connectivity index (χ0) is 15.6. The maximum Gasteiger partial charge on any atom is 0.0121 e. The summed E-state index contributed by atoms with van der Waals surface area (Å²) in [6.45, 7) is 2.25. The van der Waals surface area contributed by atoms with Gasteiger partial charge in [-0.3, -0.25) is 0 Å². The molecule has 1 aromatic carbocycles. The largest absolute Gasteiger partial charge is 0.0804 e. The van der Waals surface area contributed by atoms with Crippen molar-refractivity contribution in [2.24, 2.45) is 5.92 Å². The van der Waals surface area contributed by atoms with Crippen molar-refractivity contribution in [3.8, 4) is 0 Å². The van der Waals surface area contributed by atoms with Crippen LogP contribution in [0.15, 0.2) is 83.5 Å². The second kappa shape index (κ2) is 6.04. The summed E-state index contributed by atoms with van der Waals surface area (Å²) in [5.74, 6) is 0.504. The molecule has 2 bridgehead atoms. The molecule has 1 aromatic rings. The van der Waals surface area contributed by atoms with Gasteiger partial charge in [0.2, 0.25) is 0 Å². The molecule has 1 atom stereocenters. The summed E-state index contributed by atoms with van der Waals surface area (Å²) in [6, 6.07) is 8.67. The minimum absolute atomic E-state index is 0.504. The van der Waals surface area contributed by atoms with Gasteiger partial charge < -0.3 is 0 Å². The third-order valence-corrected chi connectivity index (χ3v) is 4.98. The maximum absolute atomic E-state index is 2.43. The Labute approximate surface area is 138 Å². The molecular weight excluding hydrogens is 276 g/mol. The van der Waals surface area contributed by atoms with Crippen LogP contribution in [0.1, 0.15) is 37.3 Å². The van der Waals surface area contributed by atoms with E-state index in [1.165, 1.54) is 46.3 Å². The molecule has 3 aliphatic rings. The average molecular weight is 298 g/mol. The molecule has 4 rings (SSSR count). The molecular formula is C23H22. The van der Waals surface area contributed by atoms with E-state index in [9.17, 15) is 0 Å². The molecule has 0 nitrogen and oxygen atoms in total. The van der Waals surface area contributed by atoms with E-state index in [0.29, 0.717) is 5.92 Å². The highest BCUT2D eigenvalue weighted by molar-refractivity contribution is 5.83. The summed E-state index contributed by atoms with van der Waals surface area (Å²) >= 11 is 0. The van der Waals surface area contributed by atoms with Crippen LogP contribution >= 0.6 is 0 Å². The zero-order valence-electron chi connectivity index (χ0n) is 13.6. The van der Waals surface area contributed by atoms with Crippen molar-refractivity contribution in [1.29, 1.82) is 0 Å². The van der Waals surface area contributed by atoms with Crippen LogP contribution in [0.5, 0.6) is 0 Å². The van der Waals surface area contributed by atoms with Crippen molar-refractivity contribution >= 4 is 11.6 Å². The summed E-state index contributed by atoms with van der Waals surface area (Å²) < 4.78 is 0. The van der Waals surface area contributed by atoms with E-state index in [4.69, 9.17) is 0 Å². The first-order valence-corrected chi connectivity index (χ1v) is 8.54. The number of hydrogen-bond donors (Lipinski definition) is 0. The zero-order valence-corrected chi connectivity index (χ0v) is 13.6. The van der Waals surface area contributed by atoms with Crippen LogP contribution in [0.2, 0.25) is 0 Å². The number of rotatable bonds is 1. The van der Waals surface area contributed by atoms with Gasteiger partial charge >= 0.3 is 0 Å². The van der Waals surface area contributed by atoms with E-state index in [1.807, 2.05) is 0 Å². The van der Waals surface area contributed by atoms with Crippen LogP contribution < -0.4 is 0 Å². The molecule has 1 unspecified atom stereocenters. The molecule has 23 heavy (non-hydrogen) atoms. The number of hydrogen-bond acceptors (Lipinski definition) is 0. The lowest BCUT2D eigenvalue weighted by Gasteiger charge is -2.26. The molecule has 0 saturated carbocycles. The van der Waals surface area contributed by atoms with Crippen molar-refractivity contribution in [3.05, 3.63) is 94.6 Å². The van der Waals surface area contributed by atoms with Crippen LogP contribution in [-0.4, -0.2) is 0 Å². The molecule has 0 heterocycles. The van der Waals surface area contributed by atoms with Gasteiger partial charge in [-0.05, 0) is 54.0 Å². The summed E-state index contributed by atoms with van der Waals surface area (Å²) in [4.78, 5) is 0. The Morgan fingerprint density at radius 1 is 0.913 bits per heavy atom. The van der Waals surface area contributed by atoms with Crippen molar-refractivity contribution in [1.82, 2.24) is 0 Å². The molecule has 0 heteroatoms. The minimum atomic E-state index is 0.504. The predicted octanol–water partition coefficient (Wildman–Crippen LogP) is 6.27. The van der Waals surface area contributed by atoms with Gasteiger partial charge in [0, 0.05) is 5.92 Å². The van der Waals surface area contributed by atoms with Crippen molar-refractivity contribution < 1.29 is 0 Å². The second-order valence-corrected chi connectivity index (χ2v) is 6.63. The summed E-state index contributed by atoms with van der Waals surface area (Å²) in [5, 5.41) is 0. The van der Waals surface area contributed by atoms with E-state index in [0.717, 1.165) is 6.42 Å². The quantitative estimate of drug-likeness (QED) is 0.573. The fraction of sp³-hybridized carbons (Fsp3) is 0.217. The highest BCUT2D eigenvalue weighted by Crippen LogP contribution is 2.38. The highest BCUT2D eigenvalue weighted by Gasteiger charge is 2.21. The topological polar surface area (TPSA) is 0 Å². The monoisotopic (exact) mass is 298 g/mol. The fourth-order valence-electron chi connectivity index (χ4n) is 3.76. The molecule has 114 valence electrons. The van der Waals surface area contributed by atoms with Gasteiger partial charge in [0.05, 0.1) is 0 Å². The first-order chi connectivity index (χ1) is 11.3. The predicted molar refractivity (Wildman–Crippen MR) is 99.9 cm³/mol. The van der Waals surface area contributed by atoms with E-state index in [2.05, 4.69) is 79.8 Å². The molecule has 0 N–H and O–H groups in total. The first-order valence-electron chi connectivity index (χ1n) is 8.54. The molecule has 3 aliphatic carbocycles. The van der Waals surface area contributed by atoms with Gasteiger partial charge in [-0.1, -0.05) is 78.4 Å². The molecule has 0 fully saturated rings. The molecule has 0 spiro atoms. The Morgan fingerprint density at radius 3 is 2.70 bits per heavy atom. The number of allylic oxidation sites excluding steroid dienone is 11. The van der Waals surface area contributed by atoms with Crippen molar-refractivity contribution in [3.63, 3.8) is 0 Å². The van der Waals surface area contributed by atoms with Crippen LogP contribution in [-0.2, 0) is 0 Å². The van der Waals surface area contributed by atoms with Gasteiger partial charge in [-0.15, -0.1) is 0 Å². The minimum Gasteiger partial charge on any atom is -0.0804 e. The Bertz CT molecular complexity index is 806. The third kappa shape index (κ3) is 2.82. The molecule has 0 saturated heterocycles. The normalized spacial score (nSPS) is 22.7. The summed E-state index contributed by atoms with van der Waals surface area (Å²) in [7, 11) is 0. The molecule has 0 aromatic heterocycles. The molecule has 0 aliphatic heterocycles. The molecule has 0 radical (unpaired) electrons. The third-order valence-electron chi connectivity index (χ3n) is 4.98. The Hall–Kier alpha value is -2.34. The SMILES string of the molecule is CC1=CC(C2CC=C3C=C2C=CC=Cc2ccccc23)=CCC1. The standard InChI is InChI=1S/C23H22/c1-17-7-6-11-19(15-17)23-14-13-21-16-20(23)10-3-2-8-18-9-4-5-12-22(18)21/h2-5,8-13,15-16,23H,6-7,14H2,1H3. The smallest absolute Gasteiger partial charge is 0.0121 e. The van der Waals surface area contributed by atoms with Gasteiger partial charge in [0.25, 0.3) is 0 Å². The van der Waals surface area contributed by atoms with Gasteiger partial charge in [0.15, 0.2) is 0 Å². The maximum atomic E-state index is 2.43. The molecule has 0 amide bonds. The lowest BCUT2D eigenvalue weighted by molar-refractivity contribution is 0.736. The Morgan fingerprint density at radius 2 is 1.78 bits per heavy atom. The van der Waals surface area contributed by atoms with E-state index in [-0.39, 0.29) is 0 Å². The Balaban J connectivity index is 1.76. The van der Waals surface area contributed by atoms with Crippen LogP contribution in [0, 0.1) is 5.92 Å². The first kappa shape index (κ1) is 14.3. The van der Waals surface area contributed by atoms with E-state index in [1.54, 1.807) is 0 Å². The number of fused-ring (bicyclic) bond motifs is 3. The lowest BCUT2D eigenvalue weighted by atomic mass is 9.79. The second-order valence-electron chi connectivity index (χ2n) is 6.63. The Kier molecular flexibility index (Phi) is 3.75. The summed E-state index contributed by atoms with van der Waals surface area (Å²) in [6.07, 6.45) is 22.0. The average Bonchev–Trinajstić information content (AvgIpc) is 2.64.